The Kier molecular flexibility index (Phi) is 6.09. The first kappa shape index (κ1) is 20.3. The number of aromatic carboxylic acids is 1. The van der Waals surface area contributed by atoms with Crippen LogP contribution in [0.3, 0.4) is 0 Å². The fourth-order valence-corrected chi connectivity index (χ4v) is 2.32. The van der Waals surface area contributed by atoms with Crippen molar-refractivity contribution in [2.24, 2.45) is 0 Å². The number of carboxylic acid groups (broad SMARTS) is 1. The highest BCUT2D eigenvalue weighted by Crippen LogP contribution is 2.28. The summed E-state index contributed by atoms with van der Waals surface area (Å²) < 4.78 is 24.4. The van der Waals surface area contributed by atoms with Crippen LogP contribution in [0.25, 0.3) is 11.4 Å². The molecule has 0 aliphatic carbocycles. The van der Waals surface area contributed by atoms with Gasteiger partial charge in [-0.2, -0.15) is 0 Å². The number of hydrogen-bond acceptors (Lipinski definition) is 6. The van der Waals surface area contributed by atoms with E-state index in [1.807, 2.05) is 0 Å². The molecule has 0 bridgehead atoms. The van der Waals surface area contributed by atoms with Gasteiger partial charge in [-0.1, -0.05) is 0 Å². The first-order valence-corrected chi connectivity index (χ1v) is 8.24. The van der Waals surface area contributed by atoms with Gasteiger partial charge >= 0.3 is 11.9 Å². The molecule has 2 aromatic rings. The standard InChI is InChI=1S/C19H21FN2O5/c1-19(2,3)27-16(23)6-5-11-9-21-17(22-10-11)12-7-13(18(24)25)15(26-4)8-14(12)20/h7-10H,5-6H2,1-4H3,(H,24,25). The van der Waals surface area contributed by atoms with Crippen molar-refractivity contribution in [3.8, 4) is 17.1 Å². The highest BCUT2D eigenvalue weighted by Gasteiger charge is 2.19. The van der Waals surface area contributed by atoms with E-state index in [-0.39, 0.29) is 35.1 Å². The van der Waals surface area contributed by atoms with Gasteiger partial charge in [0.15, 0.2) is 5.82 Å². The van der Waals surface area contributed by atoms with Crippen molar-refractivity contribution in [1.29, 1.82) is 0 Å². The summed E-state index contributed by atoms with van der Waals surface area (Å²) in [5.74, 6) is -2.32. The molecule has 27 heavy (non-hydrogen) atoms. The van der Waals surface area contributed by atoms with Gasteiger partial charge < -0.3 is 14.6 Å². The highest BCUT2D eigenvalue weighted by atomic mass is 19.1. The summed E-state index contributed by atoms with van der Waals surface area (Å²) in [5, 5.41) is 9.22. The minimum Gasteiger partial charge on any atom is -0.496 e. The average molecular weight is 376 g/mol. The molecule has 0 aliphatic rings. The summed E-state index contributed by atoms with van der Waals surface area (Å²) in [4.78, 5) is 31.2. The molecule has 0 radical (unpaired) electrons. The summed E-state index contributed by atoms with van der Waals surface area (Å²) in [7, 11) is 1.26. The number of aromatic nitrogens is 2. The third-order valence-electron chi connectivity index (χ3n) is 3.50. The van der Waals surface area contributed by atoms with Crippen molar-refractivity contribution < 1.29 is 28.6 Å². The van der Waals surface area contributed by atoms with E-state index in [0.717, 1.165) is 12.1 Å². The van der Waals surface area contributed by atoms with Gasteiger partial charge in [0.05, 0.1) is 12.7 Å². The van der Waals surface area contributed by atoms with E-state index in [1.54, 1.807) is 20.8 Å². The molecule has 1 N–H and O–H groups in total. The van der Waals surface area contributed by atoms with Crippen molar-refractivity contribution in [2.45, 2.75) is 39.2 Å². The first-order chi connectivity index (χ1) is 12.6. The Labute approximate surface area is 156 Å². The lowest BCUT2D eigenvalue weighted by Crippen LogP contribution is -2.24. The Morgan fingerprint density at radius 2 is 1.81 bits per heavy atom. The molecule has 0 atom stereocenters. The van der Waals surface area contributed by atoms with Gasteiger partial charge in [0.2, 0.25) is 0 Å². The van der Waals surface area contributed by atoms with Gasteiger partial charge in [-0.15, -0.1) is 0 Å². The van der Waals surface area contributed by atoms with Crippen molar-refractivity contribution in [3.63, 3.8) is 0 Å². The van der Waals surface area contributed by atoms with Crippen LogP contribution in [0, 0.1) is 5.82 Å². The van der Waals surface area contributed by atoms with Gasteiger partial charge in [-0.25, -0.2) is 19.2 Å². The summed E-state index contributed by atoms with van der Waals surface area (Å²) >= 11 is 0. The molecule has 144 valence electrons. The predicted molar refractivity (Wildman–Crippen MR) is 95.1 cm³/mol. The van der Waals surface area contributed by atoms with E-state index in [9.17, 15) is 19.1 Å². The smallest absolute Gasteiger partial charge is 0.339 e. The molecule has 0 saturated heterocycles. The number of aryl methyl sites for hydroxylation is 1. The Morgan fingerprint density at radius 1 is 1.19 bits per heavy atom. The van der Waals surface area contributed by atoms with Crippen molar-refractivity contribution in [1.82, 2.24) is 9.97 Å². The Hall–Kier alpha value is -3.03. The molecule has 0 fully saturated rings. The maximum atomic E-state index is 14.3. The summed E-state index contributed by atoms with van der Waals surface area (Å²) in [6, 6.07) is 2.12. The van der Waals surface area contributed by atoms with Gasteiger partial charge in [-0.05, 0) is 38.8 Å². The van der Waals surface area contributed by atoms with Crippen LogP contribution in [-0.4, -0.2) is 39.7 Å². The zero-order valence-electron chi connectivity index (χ0n) is 15.6. The molecular formula is C19H21FN2O5. The van der Waals surface area contributed by atoms with Crippen LogP contribution in [0.5, 0.6) is 5.75 Å². The second-order valence-corrected chi connectivity index (χ2v) is 6.84. The number of carbonyl (C=O) groups is 2. The van der Waals surface area contributed by atoms with Crippen LogP contribution >= 0.6 is 0 Å². The SMILES string of the molecule is COc1cc(F)c(-c2ncc(CCC(=O)OC(C)(C)C)cn2)cc1C(=O)O. The lowest BCUT2D eigenvalue weighted by molar-refractivity contribution is -0.154. The van der Waals surface area contributed by atoms with Gasteiger partial charge in [0, 0.05) is 24.9 Å². The predicted octanol–water partition coefficient (Wildman–Crippen LogP) is 3.26. The summed E-state index contributed by atoms with van der Waals surface area (Å²) in [6.45, 7) is 5.37. The van der Waals surface area contributed by atoms with Crippen LogP contribution in [0.4, 0.5) is 4.39 Å². The lowest BCUT2D eigenvalue weighted by atomic mass is 10.1. The quantitative estimate of drug-likeness (QED) is 0.773. The largest absolute Gasteiger partial charge is 0.496 e. The number of ether oxygens (including phenoxy) is 2. The first-order valence-electron chi connectivity index (χ1n) is 8.24. The molecule has 0 amide bonds. The zero-order chi connectivity index (χ0) is 20.2. The molecule has 0 spiro atoms. The number of benzene rings is 1. The Morgan fingerprint density at radius 3 is 2.33 bits per heavy atom. The maximum Gasteiger partial charge on any atom is 0.339 e. The normalized spacial score (nSPS) is 11.1. The van der Waals surface area contributed by atoms with Crippen LogP contribution in [0.2, 0.25) is 0 Å². The van der Waals surface area contributed by atoms with Crippen LogP contribution < -0.4 is 4.74 Å². The molecule has 8 heteroatoms. The van der Waals surface area contributed by atoms with Gasteiger partial charge in [-0.3, -0.25) is 4.79 Å². The second-order valence-electron chi connectivity index (χ2n) is 6.84. The molecule has 1 aromatic heterocycles. The van der Waals surface area contributed by atoms with Crippen LogP contribution in [0.1, 0.15) is 43.1 Å². The number of methoxy groups -OCH3 is 1. The minimum absolute atomic E-state index is 0.0404. The fourth-order valence-electron chi connectivity index (χ4n) is 2.32. The molecule has 0 aliphatic heterocycles. The Balaban J connectivity index is 2.17. The highest BCUT2D eigenvalue weighted by molar-refractivity contribution is 5.92. The van der Waals surface area contributed by atoms with Crippen LogP contribution in [0.15, 0.2) is 24.5 Å². The molecule has 1 heterocycles. The number of carbonyl (C=O) groups excluding carboxylic acids is 1. The van der Waals surface area contributed by atoms with E-state index in [0.29, 0.717) is 12.0 Å². The van der Waals surface area contributed by atoms with Gasteiger partial charge in [0.1, 0.15) is 22.7 Å². The molecule has 0 saturated carbocycles. The van der Waals surface area contributed by atoms with E-state index < -0.39 is 17.4 Å². The molecule has 2 rings (SSSR count). The molecule has 7 nitrogen and oxygen atoms in total. The van der Waals surface area contributed by atoms with E-state index >= 15 is 0 Å². The minimum atomic E-state index is -1.25. The van der Waals surface area contributed by atoms with E-state index in [2.05, 4.69) is 9.97 Å². The fraction of sp³-hybridized carbons (Fsp3) is 0.368. The maximum absolute atomic E-state index is 14.3. The molecular weight excluding hydrogens is 355 g/mol. The molecule has 0 unspecified atom stereocenters. The second kappa shape index (κ2) is 8.11. The van der Waals surface area contributed by atoms with Crippen LogP contribution in [-0.2, 0) is 16.0 Å². The number of halogens is 1. The van der Waals surface area contributed by atoms with E-state index in [4.69, 9.17) is 9.47 Å². The van der Waals surface area contributed by atoms with Gasteiger partial charge in [0.25, 0.3) is 0 Å². The van der Waals surface area contributed by atoms with E-state index in [1.165, 1.54) is 19.5 Å². The summed E-state index contributed by atoms with van der Waals surface area (Å²) in [6.07, 6.45) is 3.48. The summed E-state index contributed by atoms with van der Waals surface area (Å²) in [5.41, 5.74) is -0.110. The number of esters is 1. The van der Waals surface area contributed by atoms with Crippen molar-refractivity contribution in [3.05, 3.63) is 41.5 Å². The topological polar surface area (TPSA) is 98.6 Å². The number of hydrogen-bond donors (Lipinski definition) is 1. The number of rotatable bonds is 6. The third kappa shape index (κ3) is 5.47. The lowest BCUT2D eigenvalue weighted by Gasteiger charge is -2.19. The van der Waals surface area contributed by atoms with Crippen molar-refractivity contribution in [2.75, 3.05) is 7.11 Å². The Bertz CT molecular complexity index is 844. The monoisotopic (exact) mass is 376 g/mol. The van der Waals surface area contributed by atoms with Crippen molar-refractivity contribution >= 4 is 11.9 Å². The number of nitrogens with zero attached hydrogens (tertiary/aromatic N) is 2. The molecule has 1 aromatic carbocycles. The average Bonchev–Trinajstić information content (AvgIpc) is 2.58. The third-order valence-corrected chi connectivity index (χ3v) is 3.50. The zero-order valence-corrected chi connectivity index (χ0v) is 15.6. The number of carboxylic acids is 1.